The van der Waals surface area contributed by atoms with Crippen LogP contribution in [-0.2, 0) is 27.2 Å². The molecule has 0 aliphatic carbocycles. The number of aryl methyl sites for hydroxylation is 3. The number of hydrogen-bond donors (Lipinski definition) is 1. The van der Waals surface area contributed by atoms with E-state index in [1.54, 1.807) is 44.0 Å². The van der Waals surface area contributed by atoms with Crippen molar-refractivity contribution in [2.24, 2.45) is 14.1 Å². The zero-order valence-electron chi connectivity index (χ0n) is 19.9. The molecule has 0 bridgehead atoms. The molecule has 0 amide bonds. The quantitative estimate of drug-likeness (QED) is 0.360. The van der Waals surface area contributed by atoms with Crippen molar-refractivity contribution in [1.29, 1.82) is 0 Å². The van der Waals surface area contributed by atoms with Crippen molar-refractivity contribution in [2.75, 3.05) is 5.32 Å². The fourth-order valence-corrected chi connectivity index (χ4v) is 4.12. The molecule has 11 nitrogen and oxygen atoms in total. The third-order valence-corrected chi connectivity index (χ3v) is 6.07. The molecule has 0 radical (unpaired) electrons. The van der Waals surface area contributed by atoms with Gasteiger partial charge in [-0.25, -0.2) is 27.9 Å². The number of benzene rings is 2. The van der Waals surface area contributed by atoms with Crippen molar-refractivity contribution in [1.82, 2.24) is 38.7 Å². The zero-order chi connectivity index (χ0) is 26.4. The SMILES string of the molecule is Cc1cc(F)c(F)cc1Cn1c(Nc2cc3cn(C)nc3cc2Cl)nc(=O)n(Cc2ncn(C)n2)c1=O. The molecule has 0 saturated heterocycles. The van der Waals surface area contributed by atoms with Gasteiger partial charge in [-0.2, -0.15) is 15.2 Å². The molecule has 0 saturated carbocycles. The molecule has 0 aliphatic heterocycles. The van der Waals surface area contributed by atoms with Gasteiger partial charge in [0.25, 0.3) is 0 Å². The molecular formula is C23H20ClF2N9O2. The van der Waals surface area contributed by atoms with Crippen molar-refractivity contribution in [3.8, 4) is 0 Å². The predicted octanol–water partition coefficient (Wildman–Crippen LogP) is 2.50. The first-order chi connectivity index (χ1) is 17.6. The Balaban J connectivity index is 1.64. The minimum atomic E-state index is -1.06. The van der Waals surface area contributed by atoms with E-state index in [-0.39, 0.29) is 29.9 Å². The van der Waals surface area contributed by atoms with Gasteiger partial charge in [0.05, 0.1) is 29.3 Å². The average molecular weight is 528 g/mol. The van der Waals surface area contributed by atoms with Crippen LogP contribution in [0.4, 0.5) is 20.4 Å². The van der Waals surface area contributed by atoms with Crippen LogP contribution in [0.2, 0.25) is 5.02 Å². The lowest BCUT2D eigenvalue weighted by Gasteiger charge is -2.17. The monoisotopic (exact) mass is 527 g/mol. The molecule has 0 unspecified atom stereocenters. The van der Waals surface area contributed by atoms with Gasteiger partial charge in [0, 0.05) is 25.7 Å². The maximum absolute atomic E-state index is 14.1. The van der Waals surface area contributed by atoms with Crippen LogP contribution in [0.5, 0.6) is 0 Å². The van der Waals surface area contributed by atoms with Crippen LogP contribution in [0, 0.1) is 18.6 Å². The minimum absolute atomic E-state index is 0.130. The predicted molar refractivity (Wildman–Crippen MR) is 132 cm³/mol. The van der Waals surface area contributed by atoms with Crippen molar-refractivity contribution < 1.29 is 8.78 Å². The van der Waals surface area contributed by atoms with Gasteiger partial charge >= 0.3 is 11.4 Å². The van der Waals surface area contributed by atoms with Crippen LogP contribution in [-0.4, -0.2) is 38.7 Å². The van der Waals surface area contributed by atoms with Gasteiger partial charge in [0.2, 0.25) is 5.95 Å². The molecule has 3 aromatic heterocycles. The summed E-state index contributed by atoms with van der Waals surface area (Å²) in [6.45, 7) is 1.15. The van der Waals surface area contributed by atoms with E-state index in [0.29, 0.717) is 22.3 Å². The van der Waals surface area contributed by atoms with Crippen LogP contribution in [0.15, 0.2) is 46.4 Å². The number of anilines is 2. The summed E-state index contributed by atoms with van der Waals surface area (Å²) in [4.78, 5) is 34.6. The Morgan fingerprint density at radius 2 is 1.73 bits per heavy atom. The van der Waals surface area contributed by atoms with Gasteiger partial charge in [-0.05, 0) is 42.3 Å². The molecule has 2 aromatic carbocycles. The second-order valence-electron chi connectivity index (χ2n) is 8.52. The largest absolute Gasteiger partial charge is 0.355 e. The zero-order valence-corrected chi connectivity index (χ0v) is 20.7. The summed E-state index contributed by atoms with van der Waals surface area (Å²) in [5.74, 6) is -1.97. The average Bonchev–Trinajstić information content (AvgIpc) is 3.40. The highest BCUT2D eigenvalue weighted by atomic mass is 35.5. The standard InChI is InChI=1S/C23H20ClF2N9O2/c1-12-4-16(25)17(26)5-13(12)9-34-21(28-19-6-14-8-32(2)30-18(14)7-15(19)24)29-22(36)35(23(34)37)10-20-27-11-33(3)31-20/h4-8,11H,9-10H2,1-3H3,(H,28,29,36). The Kier molecular flexibility index (Phi) is 6.07. The van der Waals surface area contributed by atoms with Gasteiger partial charge in [0.15, 0.2) is 17.5 Å². The summed E-state index contributed by atoms with van der Waals surface area (Å²) >= 11 is 6.44. The second-order valence-corrected chi connectivity index (χ2v) is 8.93. The number of fused-ring (bicyclic) bond motifs is 1. The lowest BCUT2D eigenvalue weighted by Crippen LogP contribution is -2.43. The number of nitrogens with zero attached hydrogens (tertiary/aromatic N) is 8. The van der Waals surface area contributed by atoms with Gasteiger partial charge < -0.3 is 5.32 Å². The first-order valence-electron chi connectivity index (χ1n) is 11.0. The van der Waals surface area contributed by atoms with E-state index < -0.39 is 23.0 Å². The summed E-state index contributed by atoms with van der Waals surface area (Å²) < 4.78 is 32.8. The number of halogens is 3. The van der Waals surface area contributed by atoms with E-state index in [2.05, 4.69) is 25.5 Å². The Morgan fingerprint density at radius 3 is 2.46 bits per heavy atom. The molecule has 5 aromatic rings. The fourth-order valence-electron chi connectivity index (χ4n) is 3.91. The van der Waals surface area contributed by atoms with Crippen molar-refractivity contribution in [2.45, 2.75) is 20.0 Å². The second kappa shape index (κ2) is 9.24. The number of nitrogens with one attached hydrogen (secondary N) is 1. The van der Waals surface area contributed by atoms with E-state index in [9.17, 15) is 18.4 Å². The van der Waals surface area contributed by atoms with Gasteiger partial charge in [-0.1, -0.05) is 11.6 Å². The Bertz CT molecular complexity index is 1790. The Labute approximate surface area is 212 Å². The number of aromatic nitrogens is 8. The van der Waals surface area contributed by atoms with Crippen molar-refractivity contribution >= 4 is 34.1 Å². The van der Waals surface area contributed by atoms with Gasteiger partial charge in [-0.3, -0.25) is 13.9 Å². The lowest BCUT2D eigenvalue weighted by atomic mass is 10.1. The van der Waals surface area contributed by atoms with E-state index in [0.717, 1.165) is 26.7 Å². The molecular weight excluding hydrogens is 508 g/mol. The summed E-state index contributed by atoms with van der Waals surface area (Å²) in [7, 11) is 3.41. The van der Waals surface area contributed by atoms with Crippen LogP contribution in [0.25, 0.3) is 10.9 Å². The van der Waals surface area contributed by atoms with E-state index >= 15 is 0 Å². The van der Waals surface area contributed by atoms with Gasteiger partial charge in [0.1, 0.15) is 6.33 Å². The summed E-state index contributed by atoms with van der Waals surface area (Å²) in [6.07, 6.45) is 3.21. The smallest absolute Gasteiger partial charge is 0.324 e. The molecule has 0 aliphatic rings. The van der Waals surface area contributed by atoms with Gasteiger partial charge in [-0.15, -0.1) is 0 Å². The first-order valence-corrected chi connectivity index (χ1v) is 11.4. The highest BCUT2D eigenvalue weighted by Crippen LogP contribution is 2.29. The number of hydrogen-bond acceptors (Lipinski definition) is 7. The lowest BCUT2D eigenvalue weighted by molar-refractivity contribution is 0.504. The Morgan fingerprint density at radius 1 is 0.973 bits per heavy atom. The molecule has 5 rings (SSSR count). The Hall–Kier alpha value is -4.39. The topological polar surface area (TPSA) is 117 Å². The summed E-state index contributed by atoms with van der Waals surface area (Å²) in [6, 6.07) is 5.38. The molecule has 3 heterocycles. The third kappa shape index (κ3) is 4.72. The minimum Gasteiger partial charge on any atom is -0.324 e. The molecule has 0 spiro atoms. The van der Waals surface area contributed by atoms with Crippen molar-refractivity contribution in [3.05, 3.63) is 91.4 Å². The molecule has 0 atom stereocenters. The van der Waals surface area contributed by atoms with Crippen LogP contribution < -0.4 is 16.7 Å². The van der Waals surface area contributed by atoms with Crippen LogP contribution >= 0.6 is 11.6 Å². The molecule has 190 valence electrons. The summed E-state index contributed by atoms with van der Waals surface area (Å²) in [5.41, 5.74) is 0.151. The fraction of sp³-hybridized carbons (Fsp3) is 0.217. The highest BCUT2D eigenvalue weighted by Gasteiger charge is 2.18. The highest BCUT2D eigenvalue weighted by molar-refractivity contribution is 6.34. The molecule has 1 N–H and O–H groups in total. The first kappa shape index (κ1) is 24.3. The van der Waals surface area contributed by atoms with E-state index in [1.165, 1.54) is 11.0 Å². The van der Waals surface area contributed by atoms with Crippen LogP contribution in [0.3, 0.4) is 0 Å². The third-order valence-electron chi connectivity index (χ3n) is 5.76. The van der Waals surface area contributed by atoms with E-state index in [4.69, 9.17) is 11.6 Å². The normalized spacial score (nSPS) is 11.4. The van der Waals surface area contributed by atoms with Crippen molar-refractivity contribution in [3.63, 3.8) is 0 Å². The molecule has 37 heavy (non-hydrogen) atoms. The molecule has 0 fully saturated rings. The maximum atomic E-state index is 14.1. The summed E-state index contributed by atoms with van der Waals surface area (Å²) in [5, 5.41) is 12.4. The van der Waals surface area contributed by atoms with Crippen LogP contribution in [0.1, 0.15) is 17.0 Å². The maximum Gasteiger partial charge on any atom is 0.355 e. The van der Waals surface area contributed by atoms with E-state index in [1.807, 2.05) is 0 Å². The molecule has 14 heteroatoms. The number of rotatable bonds is 6.